The van der Waals surface area contributed by atoms with Crippen molar-refractivity contribution >= 4 is 0 Å². The minimum absolute atomic E-state index is 0.290. The maximum atomic E-state index is 6.09. The average Bonchev–Trinajstić information content (AvgIpc) is 2.64. The average molecular weight is 212 g/mol. The SMILES string of the molecule is CC(N)C1CCCCN1C1CCOC1C. The zero-order valence-corrected chi connectivity index (χ0v) is 9.98. The van der Waals surface area contributed by atoms with Crippen LogP contribution in [0.1, 0.15) is 39.5 Å². The van der Waals surface area contributed by atoms with E-state index < -0.39 is 0 Å². The first-order valence-corrected chi connectivity index (χ1v) is 6.33. The first-order chi connectivity index (χ1) is 7.20. The highest BCUT2D eigenvalue weighted by Crippen LogP contribution is 2.28. The molecule has 3 nitrogen and oxygen atoms in total. The van der Waals surface area contributed by atoms with E-state index in [-0.39, 0.29) is 6.04 Å². The summed E-state index contributed by atoms with van der Waals surface area (Å²) in [5.41, 5.74) is 6.09. The van der Waals surface area contributed by atoms with Crippen LogP contribution in [0.25, 0.3) is 0 Å². The number of ether oxygens (including phenoxy) is 1. The largest absolute Gasteiger partial charge is 0.377 e. The lowest BCUT2D eigenvalue weighted by molar-refractivity contribution is 0.0309. The number of likely N-dealkylation sites (tertiary alicyclic amines) is 1. The summed E-state index contributed by atoms with van der Waals surface area (Å²) in [4.78, 5) is 2.62. The van der Waals surface area contributed by atoms with Gasteiger partial charge in [0.05, 0.1) is 6.10 Å². The Morgan fingerprint density at radius 1 is 1.33 bits per heavy atom. The molecule has 0 spiro atoms. The minimum Gasteiger partial charge on any atom is -0.377 e. The Morgan fingerprint density at radius 2 is 2.13 bits per heavy atom. The molecular weight excluding hydrogens is 188 g/mol. The molecule has 0 saturated carbocycles. The van der Waals surface area contributed by atoms with Crippen LogP contribution in [0.15, 0.2) is 0 Å². The molecule has 0 aliphatic carbocycles. The van der Waals surface area contributed by atoms with Crippen LogP contribution >= 0.6 is 0 Å². The van der Waals surface area contributed by atoms with Gasteiger partial charge in [0.15, 0.2) is 0 Å². The van der Waals surface area contributed by atoms with Crippen LogP contribution in [0, 0.1) is 0 Å². The lowest BCUT2D eigenvalue weighted by atomic mass is 9.93. The van der Waals surface area contributed by atoms with Gasteiger partial charge in [0.1, 0.15) is 0 Å². The summed E-state index contributed by atoms with van der Waals surface area (Å²) in [5.74, 6) is 0. The molecule has 2 saturated heterocycles. The molecule has 0 bridgehead atoms. The molecule has 2 heterocycles. The predicted octanol–water partition coefficient (Wildman–Crippen LogP) is 1.37. The molecule has 0 aromatic carbocycles. The van der Waals surface area contributed by atoms with Gasteiger partial charge in [-0.2, -0.15) is 0 Å². The Bertz CT molecular complexity index is 206. The second kappa shape index (κ2) is 4.81. The number of piperidine rings is 1. The highest BCUT2D eigenvalue weighted by molar-refractivity contribution is 4.91. The summed E-state index contributed by atoms with van der Waals surface area (Å²) in [7, 11) is 0. The lowest BCUT2D eigenvalue weighted by Gasteiger charge is -2.42. The normalized spacial score (nSPS) is 40.6. The van der Waals surface area contributed by atoms with Crippen molar-refractivity contribution in [1.29, 1.82) is 0 Å². The lowest BCUT2D eigenvalue weighted by Crippen LogP contribution is -2.55. The molecule has 2 N–H and O–H groups in total. The predicted molar refractivity (Wildman–Crippen MR) is 61.8 cm³/mol. The molecule has 4 unspecified atom stereocenters. The van der Waals surface area contributed by atoms with Crippen molar-refractivity contribution in [2.75, 3.05) is 13.2 Å². The van der Waals surface area contributed by atoms with Crippen molar-refractivity contribution < 1.29 is 4.74 Å². The molecule has 2 aliphatic rings. The maximum Gasteiger partial charge on any atom is 0.0703 e. The quantitative estimate of drug-likeness (QED) is 0.751. The maximum absolute atomic E-state index is 6.09. The summed E-state index contributed by atoms with van der Waals surface area (Å²) >= 11 is 0. The third-order valence-electron chi connectivity index (χ3n) is 3.96. The van der Waals surface area contributed by atoms with Crippen molar-refractivity contribution in [3.8, 4) is 0 Å². The Morgan fingerprint density at radius 3 is 2.73 bits per heavy atom. The molecule has 2 aliphatic heterocycles. The van der Waals surface area contributed by atoms with E-state index in [1.807, 2.05) is 0 Å². The number of rotatable bonds is 2. The van der Waals surface area contributed by atoms with Crippen LogP contribution in [0.2, 0.25) is 0 Å². The van der Waals surface area contributed by atoms with E-state index in [4.69, 9.17) is 10.5 Å². The molecule has 15 heavy (non-hydrogen) atoms. The molecule has 0 amide bonds. The molecule has 88 valence electrons. The van der Waals surface area contributed by atoms with E-state index in [0.29, 0.717) is 18.2 Å². The number of nitrogens with two attached hydrogens (primary N) is 1. The number of hydrogen-bond acceptors (Lipinski definition) is 3. The second-order valence-electron chi connectivity index (χ2n) is 5.09. The van der Waals surface area contributed by atoms with E-state index in [9.17, 15) is 0 Å². The van der Waals surface area contributed by atoms with Crippen LogP contribution in [-0.2, 0) is 4.74 Å². The number of hydrogen-bond donors (Lipinski definition) is 1. The molecular formula is C12H24N2O. The zero-order valence-electron chi connectivity index (χ0n) is 9.98. The van der Waals surface area contributed by atoms with Gasteiger partial charge >= 0.3 is 0 Å². The van der Waals surface area contributed by atoms with Gasteiger partial charge < -0.3 is 10.5 Å². The molecule has 2 fully saturated rings. The van der Waals surface area contributed by atoms with E-state index in [0.717, 1.165) is 6.61 Å². The van der Waals surface area contributed by atoms with Gasteiger partial charge in [-0.1, -0.05) is 6.42 Å². The van der Waals surface area contributed by atoms with Gasteiger partial charge in [-0.15, -0.1) is 0 Å². The van der Waals surface area contributed by atoms with Crippen molar-refractivity contribution in [3.63, 3.8) is 0 Å². The highest BCUT2D eigenvalue weighted by Gasteiger charge is 2.36. The van der Waals surface area contributed by atoms with Gasteiger partial charge in [0, 0.05) is 24.7 Å². The molecule has 0 aromatic rings. The van der Waals surface area contributed by atoms with E-state index in [2.05, 4.69) is 18.7 Å². The fraction of sp³-hybridized carbons (Fsp3) is 1.00. The Kier molecular flexibility index (Phi) is 3.65. The van der Waals surface area contributed by atoms with Crippen molar-refractivity contribution in [1.82, 2.24) is 4.90 Å². The van der Waals surface area contributed by atoms with Gasteiger partial charge in [0.25, 0.3) is 0 Å². The smallest absolute Gasteiger partial charge is 0.0703 e. The summed E-state index contributed by atoms with van der Waals surface area (Å²) in [5, 5.41) is 0. The topological polar surface area (TPSA) is 38.5 Å². The van der Waals surface area contributed by atoms with Crippen molar-refractivity contribution in [2.45, 2.75) is 63.8 Å². The van der Waals surface area contributed by atoms with Crippen LogP contribution < -0.4 is 5.73 Å². The highest BCUT2D eigenvalue weighted by atomic mass is 16.5. The zero-order chi connectivity index (χ0) is 10.8. The molecule has 0 aromatic heterocycles. The van der Waals surface area contributed by atoms with Crippen LogP contribution in [-0.4, -0.2) is 42.3 Å². The number of nitrogens with zero attached hydrogens (tertiary/aromatic N) is 1. The first kappa shape index (κ1) is 11.4. The summed E-state index contributed by atoms with van der Waals surface area (Å²) in [6, 6.07) is 1.48. The summed E-state index contributed by atoms with van der Waals surface area (Å²) in [6.45, 7) is 6.48. The van der Waals surface area contributed by atoms with Crippen molar-refractivity contribution in [2.24, 2.45) is 5.73 Å². The van der Waals surface area contributed by atoms with E-state index >= 15 is 0 Å². The van der Waals surface area contributed by atoms with Gasteiger partial charge in [-0.25, -0.2) is 0 Å². The van der Waals surface area contributed by atoms with Crippen LogP contribution in [0.4, 0.5) is 0 Å². The second-order valence-corrected chi connectivity index (χ2v) is 5.09. The Labute approximate surface area is 93.0 Å². The van der Waals surface area contributed by atoms with Crippen molar-refractivity contribution in [3.05, 3.63) is 0 Å². The third kappa shape index (κ3) is 2.35. The fourth-order valence-corrected chi connectivity index (χ4v) is 3.11. The molecule has 4 atom stereocenters. The van der Waals surface area contributed by atoms with Gasteiger partial charge in [-0.05, 0) is 39.7 Å². The third-order valence-corrected chi connectivity index (χ3v) is 3.96. The summed E-state index contributed by atoms with van der Waals surface area (Å²) < 4.78 is 5.66. The van der Waals surface area contributed by atoms with E-state index in [1.54, 1.807) is 0 Å². The van der Waals surface area contributed by atoms with Crippen LogP contribution in [0.3, 0.4) is 0 Å². The van der Waals surface area contributed by atoms with Crippen LogP contribution in [0.5, 0.6) is 0 Å². The standard InChI is InChI=1S/C12H24N2O/c1-9(13)11-5-3-4-7-14(11)12-6-8-15-10(12)2/h9-12H,3-8,13H2,1-2H3. The minimum atomic E-state index is 0.290. The fourth-order valence-electron chi connectivity index (χ4n) is 3.11. The first-order valence-electron chi connectivity index (χ1n) is 6.33. The molecule has 2 rings (SSSR count). The van der Waals surface area contributed by atoms with Gasteiger partial charge in [0.2, 0.25) is 0 Å². The molecule has 3 heteroatoms. The van der Waals surface area contributed by atoms with E-state index in [1.165, 1.54) is 32.2 Å². The Hall–Kier alpha value is -0.120. The molecule has 0 radical (unpaired) electrons. The monoisotopic (exact) mass is 212 g/mol. The Balaban J connectivity index is 2.03. The summed E-state index contributed by atoms with van der Waals surface area (Å²) in [6.07, 6.45) is 5.51. The van der Waals surface area contributed by atoms with Gasteiger partial charge in [-0.3, -0.25) is 4.90 Å².